The zero-order chi connectivity index (χ0) is 14.3. The fourth-order valence-electron chi connectivity index (χ4n) is 2.92. The molecule has 0 saturated carbocycles. The van der Waals surface area contributed by atoms with Crippen molar-refractivity contribution in [3.05, 3.63) is 28.8 Å². The van der Waals surface area contributed by atoms with E-state index in [0.717, 1.165) is 17.0 Å². The summed E-state index contributed by atoms with van der Waals surface area (Å²) in [4.78, 5) is 12.9. The van der Waals surface area contributed by atoms with Gasteiger partial charge in [0.05, 0.1) is 16.8 Å². The van der Waals surface area contributed by atoms with Gasteiger partial charge in [0.2, 0.25) is 0 Å². The molecule has 4 nitrogen and oxygen atoms in total. The Labute approximate surface area is 123 Å². The van der Waals surface area contributed by atoms with Crippen molar-refractivity contribution >= 4 is 28.9 Å². The van der Waals surface area contributed by atoms with Gasteiger partial charge in [-0.1, -0.05) is 17.7 Å². The van der Waals surface area contributed by atoms with E-state index < -0.39 is 5.41 Å². The first kappa shape index (κ1) is 13.6. The number of aryl methyl sites for hydroxylation is 1. The van der Waals surface area contributed by atoms with E-state index in [1.54, 1.807) is 6.07 Å². The topological polar surface area (TPSA) is 41.9 Å². The fourth-order valence-corrected chi connectivity index (χ4v) is 3.08. The lowest BCUT2D eigenvalue weighted by atomic mass is 9.76. The lowest BCUT2D eigenvalue weighted by Gasteiger charge is -2.31. The average molecular weight is 293 g/mol. The molecule has 2 aliphatic heterocycles. The number of nitrogens with zero attached hydrogens (tertiary/aromatic N) is 2. The van der Waals surface area contributed by atoms with E-state index in [1.807, 2.05) is 26.0 Å². The SMILES string of the molecule is CC1=NN(c2cc(Cl)ccc2C)C(=O)C12CCOCC2. The predicted molar refractivity (Wildman–Crippen MR) is 79.3 cm³/mol. The van der Waals surface area contributed by atoms with E-state index in [1.165, 1.54) is 5.01 Å². The number of carbonyl (C=O) groups is 1. The molecule has 0 bridgehead atoms. The molecular weight excluding hydrogens is 276 g/mol. The lowest BCUT2D eigenvalue weighted by molar-refractivity contribution is -0.127. The minimum atomic E-state index is -0.479. The molecule has 1 aromatic rings. The summed E-state index contributed by atoms with van der Waals surface area (Å²) in [6.07, 6.45) is 1.41. The quantitative estimate of drug-likeness (QED) is 0.798. The van der Waals surface area contributed by atoms with Crippen molar-refractivity contribution in [2.45, 2.75) is 26.7 Å². The molecule has 0 N–H and O–H groups in total. The van der Waals surface area contributed by atoms with E-state index in [4.69, 9.17) is 16.3 Å². The van der Waals surface area contributed by atoms with Gasteiger partial charge in [-0.15, -0.1) is 0 Å². The Kier molecular flexibility index (Phi) is 3.30. The molecule has 0 unspecified atom stereocenters. The Morgan fingerprint density at radius 1 is 1.30 bits per heavy atom. The molecule has 0 atom stereocenters. The van der Waals surface area contributed by atoms with Gasteiger partial charge in [-0.05, 0) is 44.4 Å². The molecule has 1 aromatic carbocycles. The van der Waals surface area contributed by atoms with E-state index in [2.05, 4.69) is 5.10 Å². The molecule has 2 heterocycles. The summed E-state index contributed by atoms with van der Waals surface area (Å²) >= 11 is 6.05. The molecule has 1 fully saturated rings. The van der Waals surface area contributed by atoms with Crippen molar-refractivity contribution in [2.24, 2.45) is 10.5 Å². The van der Waals surface area contributed by atoms with Crippen LogP contribution in [0.15, 0.2) is 23.3 Å². The van der Waals surface area contributed by atoms with Crippen molar-refractivity contribution < 1.29 is 9.53 Å². The minimum absolute atomic E-state index is 0.0451. The number of benzene rings is 1. The zero-order valence-electron chi connectivity index (χ0n) is 11.6. The summed E-state index contributed by atoms with van der Waals surface area (Å²) < 4.78 is 5.39. The van der Waals surface area contributed by atoms with Gasteiger partial charge in [-0.25, -0.2) is 0 Å². The van der Waals surface area contributed by atoms with Crippen LogP contribution in [0.5, 0.6) is 0 Å². The largest absolute Gasteiger partial charge is 0.381 e. The molecule has 1 saturated heterocycles. The number of halogens is 1. The van der Waals surface area contributed by atoms with Crippen LogP contribution in [0.25, 0.3) is 0 Å². The maximum Gasteiger partial charge on any atom is 0.259 e. The molecular formula is C15H17ClN2O2. The van der Waals surface area contributed by atoms with Gasteiger partial charge >= 0.3 is 0 Å². The van der Waals surface area contributed by atoms with Crippen molar-refractivity contribution in [2.75, 3.05) is 18.2 Å². The average Bonchev–Trinajstić information content (AvgIpc) is 2.68. The molecule has 0 aliphatic carbocycles. The van der Waals surface area contributed by atoms with E-state index >= 15 is 0 Å². The van der Waals surface area contributed by atoms with Crippen LogP contribution in [0.4, 0.5) is 5.69 Å². The smallest absolute Gasteiger partial charge is 0.259 e. The Balaban J connectivity index is 2.01. The monoisotopic (exact) mass is 292 g/mol. The highest BCUT2D eigenvalue weighted by atomic mass is 35.5. The zero-order valence-corrected chi connectivity index (χ0v) is 12.4. The molecule has 2 aliphatic rings. The van der Waals surface area contributed by atoms with Crippen LogP contribution in [-0.2, 0) is 9.53 Å². The Bertz CT molecular complexity index is 592. The highest BCUT2D eigenvalue weighted by Crippen LogP contribution is 2.41. The van der Waals surface area contributed by atoms with Crippen LogP contribution in [0, 0.1) is 12.3 Å². The summed E-state index contributed by atoms with van der Waals surface area (Å²) in [6.45, 7) is 5.11. The van der Waals surface area contributed by atoms with Crippen LogP contribution >= 0.6 is 11.6 Å². The first-order valence-electron chi connectivity index (χ1n) is 6.79. The first-order valence-corrected chi connectivity index (χ1v) is 7.16. The van der Waals surface area contributed by atoms with E-state index in [0.29, 0.717) is 31.1 Å². The molecule has 5 heteroatoms. The molecule has 20 heavy (non-hydrogen) atoms. The number of amides is 1. The summed E-state index contributed by atoms with van der Waals surface area (Å²) in [6, 6.07) is 5.52. The molecule has 1 amide bonds. The lowest BCUT2D eigenvalue weighted by Crippen LogP contribution is -2.43. The van der Waals surface area contributed by atoms with Gasteiger partial charge in [-0.3, -0.25) is 4.79 Å². The molecule has 0 aromatic heterocycles. The number of hydrogen-bond donors (Lipinski definition) is 0. The van der Waals surface area contributed by atoms with Gasteiger partial charge in [-0.2, -0.15) is 10.1 Å². The second-order valence-electron chi connectivity index (χ2n) is 5.43. The number of rotatable bonds is 1. The molecule has 3 rings (SSSR count). The van der Waals surface area contributed by atoms with Crippen molar-refractivity contribution in [3.63, 3.8) is 0 Å². The predicted octanol–water partition coefficient (Wildman–Crippen LogP) is 3.17. The third-order valence-electron chi connectivity index (χ3n) is 4.29. The second-order valence-corrected chi connectivity index (χ2v) is 5.86. The van der Waals surface area contributed by atoms with Gasteiger partial charge in [0, 0.05) is 18.2 Å². The van der Waals surface area contributed by atoms with Crippen LogP contribution in [0.1, 0.15) is 25.3 Å². The number of hydrazone groups is 1. The van der Waals surface area contributed by atoms with E-state index in [9.17, 15) is 4.79 Å². The Hall–Kier alpha value is -1.39. The number of carbonyl (C=O) groups excluding carboxylic acids is 1. The van der Waals surface area contributed by atoms with Crippen molar-refractivity contribution in [1.82, 2.24) is 0 Å². The summed E-state index contributed by atoms with van der Waals surface area (Å²) in [5, 5.41) is 6.63. The first-order chi connectivity index (χ1) is 9.54. The Morgan fingerprint density at radius 2 is 2.00 bits per heavy atom. The molecule has 106 valence electrons. The van der Waals surface area contributed by atoms with Crippen molar-refractivity contribution in [1.29, 1.82) is 0 Å². The number of hydrogen-bond acceptors (Lipinski definition) is 3. The summed E-state index contributed by atoms with van der Waals surface area (Å²) in [5.41, 5.74) is 2.16. The van der Waals surface area contributed by atoms with Crippen LogP contribution in [0.3, 0.4) is 0 Å². The number of ether oxygens (including phenoxy) is 1. The fraction of sp³-hybridized carbons (Fsp3) is 0.467. The maximum atomic E-state index is 12.9. The second kappa shape index (κ2) is 4.86. The van der Waals surface area contributed by atoms with Crippen LogP contribution in [0.2, 0.25) is 5.02 Å². The third kappa shape index (κ3) is 1.95. The summed E-state index contributed by atoms with van der Waals surface area (Å²) in [7, 11) is 0. The normalized spacial score (nSPS) is 21.4. The molecule has 0 radical (unpaired) electrons. The van der Waals surface area contributed by atoms with Gasteiger partial charge in [0.15, 0.2) is 0 Å². The van der Waals surface area contributed by atoms with Crippen LogP contribution < -0.4 is 5.01 Å². The van der Waals surface area contributed by atoms with Crippen molar-refractivity contribution in [3.8, 4) is 0 Å². The third-order valence-corrected chi connectivity index (χ3v) is 4.53. The standard InChI is InChI=1S/C15H17ClN2O2/c1-10-3-4-12(16)9-13(10)18-14(19)15(11(2)17-18)5-7-20-8-6-15/h3-4,9H,5-8H2,1-2H3. The Morgan fingerprint density at radius 3 is 2.70 bits per heavy atom. The summed E-state index contributed by atoms with van der Waals surface area (Å²) in [5.74, 6) is 0.0451. The maximum absolute atomic E-state index is 12.9. The van der Waals surface area contributed by atoms with Gasteiger partial charge in [0.25, 0.3) is 5.91 Å². The highest BCUT2D eigenvalue weighted by molar-refractivity contribution is 6.31. The minimum Gasteiger partial charge on any atom is -0.381 e. The van der Waals surface area contributed by atoms with Gasteiger partial charge in [0.1, 0.15) is 0 Å². The number of anilines is 1. The highest BCUT2D eigenvalue weighted by Gasteiger charge is 2.50. The van der Waals surface area contributed by atoms with Crippen LogP contribution in [-0.4, -0.2) is 24.8 Å². The van der Waals surface area contributed by atoms with E-state index in [-0.39, 0.29) is 5.91 Å². The molecule has 1 spiro atoms. The van der Waals surface area contributed by atoms with Gasteiger partial charge < -0.3 is 4.74 Å².